The number of hydrogen-bond donors (Lipinski definition) is 0. The maximum absolute atomic E-state index is 14.5. The Kier molecular flexibility index (Phi) is 21.8. The lowest BCUT2D eigenvalue weighted by Gasteiger charge is -2.39. The van der Waals surface area contributed by atoms with E-state index in [1.165, 1.54) is 19.1 Å². The summed E-state index contributed by atoms with van der Waals surface area (Å²) in [6, 6.07) is 0. The summed E-state index contributed by atoms with van der Waals surface area (Å²) in [5.74, 6) is -38.9. The molecule has 0 aromatic rings. The van der Waals surface area contributed by atoms with E-state index >= 15 is 0 Å². The van der Waals surface area contributed by atoms with Crippen LogP contribution in [0.15, 0.2) is 0 Å². The average molecular weight is 786 g/mol. The lowest BCUT2D eigenvalue weighted by atomic mass is 9.93. The van der Waals surface area contributed by atoms with Crippen LogP contribution in [0.5, 0.6) is 0 Å². The molecule has 0 saturated heterocycles. The predicted octanol–water partition coefficient (Wildman–Crippen LogP) is 8.42. The molecule has 6 nitrogen and oxygen atoms in total. The molecule has 1 amide bonds. The van der Waals surface area contributed by atoms with Crippen LogP contribution >= 0.6 is 23.5 Å². The summed E-state index contributed by atoms with van der Waals surface area (Å²) < 4.78 is 195. The van der Waals surface area contributed by atoms with Gasteiger partial charge in [-0.3, -0.25) is 4.79 Å². The fraction of sp³-hybridized carbons (Fsp3) is 0.964. The minimum Gasteiger partial charge on any atom is -0.382 e. The zero-order valence-electron chi connectivity index (χ0n) is 27.3. The molecule has 0 radical (unpaired) electrons. The van der Waals surface area contributed by atoms with Crippen molar-refractivity contribution >= 4 is 29.4 Å². The molecule has 0 aliphatic heterocycles. The fourth-order valence-corrected chi connectivity index (χ4v) is 6.55. The zero-order chi connectivity index (χ0) is 38.0. The standard InChI is InChI=1S/C28H44F13NO5S2/c1-4-5-6-7-8-9-19-48-22(21(43)42(11-13-46-17-15-44-2)12-14-47-18-16-45-3)49-20-10-23(29,30)24(31,32)25(33,34)26(35,36)27(37,38)28(39,40)41/h22H,4-20H2,1-3H3. The van der Waals surface area contributed by atoms with E-state index in [4.69, 9.17) is 18.9 Å². The summed E-state index contributed by atoms with van der Waals surface area (Å²) in [5, 5.41) is 0. The Labute approximate surface area is 285 Å². The molecule has 0 aromatic carbocycles. The highest BCUT2D eigenvalue weighted by atomic mass is 32.2. The minimum atomic E-state index is -7.96. The van der Waals surface area contributed by atoms with Crippen LogP contribution in [0.25, 0.3) is 0 Å². The van der Waals surface area contributed by atoms with Crippen molar-refractivity contribution in [3.8, 4) is 0 Å². The summed E-state index contributed by atoms with van der Waals surface area (Å²) in [4.78, 5) is 14.7. The Morgan fingerprint density at radius 2 is 1.04 bits per heavy atom. The first-order chi connectivity index (χ1) is 22.6. The number of carbonyl (C=O) groups excluding carboxylic acids is 1. The van der Waals surface area contributed by atoms with Crippen molar-refractivity contribution in [2.24, 2.45) is 0 Å². The number of alkyl halides is 13. The minimum absolute atomic E-state index is 0.0250. The van der Waals surface area contributed by atoms with E-state index in [0.29, 0.717) is 6.42 Å². The SMILES string of the molecule is CCCCCCCCSC(SCCC(F)(F)C(F)(F)C(F)(F)C(F)(F)C(F)(F)C(F)(F)F)C(=O)N(CCOCCOC)CCOCCOC. The molecular formula is C28H44F13NO5S2. The van der Waals surface area contributed by atoms with Crippen molar-refractivity contribution in [2.75, 3.05) is 78.5 Å². The Balaban J connectivity index is 5.97. The van der Waals surface area contributed by atoms with E-state index in [1.807, 2.05) is 6.92 Å². The third kappa shape index (κ3) is 14.2. The number of unbranched alkanes of at least 4 members (excludes halogenated alkanes) is 5. The van der Waals surface area contributed by atoms with E-state index in [2.05, 4.69) is 0 Å². The number of nitrogens with zero attached hydrogens (tertiary/aromatic N) is 1. The third-order valence-corrected chi connectivity index (χ3v) is 9.63. The summed E-state index contributed by atoms with van der Waals surface area (Å²) in [5.41, 5.74) is 0. The van der Waals surface area contributed by atoms with Gasteiger partial charge in [0.1, 0.15) is 4.58 Å². The molecule has 0 aliphatic rings. The molecule has 0 heterocycles. The molecule has 0 N–H and O–H groups in total. The highest BCUT2D eigenvalue weighted by molar-refractivity contribution is 8.18. The van der Waals surface area contributed by atoms with Gasteiger partial charge in [0, 0.05) is 39.5 Å². The number of amides is 1. The Hall–Kier alpha value is -0.900. The number of carbonyl (C=O) groups is 1. The lowest BCUT2D eigenvalue weighted by Crippen LogP contribution is -2.70. The van der Waals surface area contributed by atoms with Crippen LogP contribution in [0, 0.1) is 0 Å². The summed E-state index contributed by atoms with van der Waals surface area (Å²) in [6.45, 7) is 2.57. The Bertz CT molecular complexity index is 905. The number of ether oxygens (including phenoxy) is 4. The molecule has 0 aromatic heterocycles. The van der Waals surface area contributed by atoms with E-state index in [9.17, 15) is 61.9 Å². The van der Waals surface area contributed by atoms with Gasteiger partial charge in [-0.25, -0.2) is 0 Å². The molecule has 0 aliphatic carbocycles. The average Bonchev–Trinajstić information content (AvgIpc) is 3.00. The second-order valence-electron chi connectivity index (χ2n) is 10.6. The summed E-state index contributed by atoms with van der Waals surface area (Å²) in [6.07, 6.45) is -4.86. The van der Waals surface area contributed by atoms with E-state index in [0.717, 1.165) is 43.9 Å². The number of thioether (sulfide) groups is 2. The van der Waals surface area contributed by atoms with Gasteiger partial charge in [0.05, 0.1) is 39.6 Å². The van der Waals surface area contributed by atoms with Gasteiger partial charge in [-0.05, 0) is 12.2 Å². The zero-order valence-corrected chi connectivity index (χ0v) is 28.9. The van der Waals surface area contributed by atoms with E-state index < -0.39 is 58.5 Å². The predicted molar refractivity (Wildman–Crippen MR) is 159 cm³/mol. The van der Waals surface area contributed by atoms with Crippen LogP contribution in [0.3, 0.4) is 0 Å². The molecule has 0 saturated carbocycles. The van der Waals surface area contributed by atoms with E-state index in [-0.39, 0.29) is 70.2 Å². The van der Waals surface area contributed by atoms with Crippen molar-refractivity contribution in [1.82, 2.24) is 4.90 Å². The molecule has 294 valence electrons. The molecule has 1 unspecified atom stereocenters. The normalized spacial score (nSPS) is 14.4. The van der Waals surface area contributed by atoms with Crippen LogP contribution in [0.4, 0.5) is 57.1 Å². The molecule has 0 fully saturated rings. The second-order valence-corrected chi connectivity index (χ2v) is 13.4. The van der Waals surface area contributed by atoms with E-state index in [1.54, 1.807) is 0 Å². The van der Waals surface area contributed by atoms with Crippen LogP contribution in [-0.4, -0.2) is 130 Å². The van der Waals surface area contributed by atoms with Gasteiger partial charge in [-0.2, -0.15) is 57.1 Å². The lowest BCUT2D eigenvalue weighted by molar-refractivity contribution is -0.439. The molecular weight excluding hydrogens is 741 g/mol. The summed E-state index contributed by atoms with van der Waals surface area (Å²) >= 11 is 1.19. The van der Waals surface area contributed by atoms with Gasteiger partial charge in [0.15, 0.2) is 0 Å². The van der Waals surface area contributed by atoms with Gasteiger partial charge < -0.3 is 23.8 Å². The van der Waals surface area contributed by atoms with Gasteiger partial charge in [0.25, 0.3) is 0 Å². The highest BCUT2D eigenvalue weighted by Crippen LogP contribution is 2.60. The molecule has 0 rings (SSSR count). The topological polar surface area (TPSA) is 57.2 Å². The fourth-order valence-electron chi connectivity index (χ4n) is 3.84. The maximum atomic E-state index is 14.5. The van der Waals surface area contributed by atoms with Gasteiger partial charge in [-0.15, -0.1) is 23.5 Å². The first kappa shape index (κ1) is 48.1. The van der Waals surface area contributed by atoms with Crippen molar-refractivity contribution in [3.63, 3.8) is 0 Å². The third-order valence-electron chi connectivity index (χ3n) is 6.84. The largest absolute Gasteiger partial charge is 0.460 e. The quantitative estimate of drug-likeness (QED) is 0.0429. The Morgan fingerprint density at radius 3 is 1.51 bits per heavy atom. The van der Waals surface area contributed by atoms with Crippen LogP contribution in [0.1, 0.15) is 51.9 Å². The van der Waals surface area contributed by atoms with Crippen molar-refractivity contribution < 1.29 is 80.8 Å². The highest BCUT2D eigenvalue weighted by Gasteiger charge is 2.90. The van der Waals surface area contributed by atoms with Gasteiger partial charge >= 0.3 is 35.8 Å². The smallest absolute Gasteiger partial charge is 0.382 e. The monoisotopic (exact) mass is 785 g/mol. The van der Waals surface area contributed by atoms with Crippen molar-refractivity contribution in [1.29, 1.82) is 0 Å². The molecule has 0 bridgehead atoms. The molecule has 21 heteroatoms. The number of methoxy groups -OCH3 is 2. The second kappa shape index (κ2) is 22.2. The van der Waals surface area contributed by atoms with Crippen LogP contribution < -0.4 is 0 Å². The van der Waals surface area contributed by atoms with Crippen LogP contribution in [0.2, 0.25) is 0 Å². The maximum Gasteiger partial charge on any atom is 0.460 e. The number of halogens is 13. The molecule has 0 spiro atoms. The Morgan fingerprint density at radius 1 is 0.592 bits per heavy atom. The van der Waals surface area contributed by atoms with Gasteiger partial charge in [-0.1, -0.05) is 39.0 Å². The first-order valence-corrected chi connectivity index (χ1v) is 17.3. The molecule has 1 atom stereocenters. The van der Waals surface area contributed by atoms with Gasteiger partial charge in [0.2, 0.25) is 5.91 Å². The first-order valence-electron chi connectivity index (χ1n) is 15.2. The number of rotatable bonds is 29. The number of hydrogen-bond acceptors (Lipinski definition) is 7. The molecule has 49 heavy (non-hydrogen) atoms. The van der Waals surface area contributed by atoms with Crippen LogP contribution in [-0.2, 0) is 23.7 Å². The van der Waals surface area contributed by atoms with Crippen molar-refractivity contribution in [3.05, 3.63) is 0 Å². The van der Waals surface area contributed by atoms with Crippen molar-refractivity contribution in [2.45, 2.75) is 92.2 Å². The summed E-state index contributed by atoms with van der Waals surface area (Å²) in [7, 11) is 2.84.